The molecule has 5 nitrogen and oxygen atoms in total. The lowest BCUT2D eigenvalue weighted by Crippen LogP contribution is -2.26. The number of rotatable bonds is 8. The smallest absolute Gasteiger partial charge is 0.246 e. The van der Waals surface area contributed by atoms with E-state index < -0.39 is 0 Å². The van der Waals surface area contributed by atoms with Gasteiger partial charge in [-0.2, -0.15) is 0 Å². The van der Waals surface area contributed by atoms with Crippen LogP contribution in [0.1, 0.15) is 60.7 Å². The lowest BCUT2D eigenvalue weighted by molar-refractivity contribution is -0.117. The quantitative estimate of drug-likeness (QED) is 0.533. The summed E-state index contributed by atoms with van der Waals surface area (Å²) in [5.74, 6) is -0.335. The van der Waals surface area contributed by atoms with Crippen LogP contribution in [0.25, 0.3) is 0 Å². The van der Waals surface area contributed by atoms with E-state index in [9.17, 15) is 14.4 Å². The number of aliphatic hydroxyl groups is 1. The third-order valence-electron chi connectivity index (χ3n) is 4.88. The molecule has 1 amide bonds. The first kappa shape index (κ1) is 21.5. The summed E-state index contributed by atoms with van der Waals surface area (Å²) in [6.07, 6.45) is 5.73. The second kappa shape index (κ2) is 9.95. The Morgan fingerprint density at radius 1 is 1.07 bits per heavy atom. The number of carbonyl (C=O) groups excluding carboxylic acids is 3. The van der Waals surface area contributed by atoms with Crippen molar-refractivity contribution in [3.63, 3.8) is 0 Å². The van der Waals surface area contributed by atoms with Gasteiger partial charge in [0.2, 0.25) is 5.91 Å². The van der Waals surface area contributed by atoms with Crippen molar-refractivity contribution in [3.05, 3.63) is 69.8 Å². The van der Waals surface area contributed by atoms with Gasteiger partial charge in [-0.25, -0.2) is 0 Å². The highest BCUT2D eigenvalue weighted by molar-refractivity contribution is 6.26. The van der Waals surface area contributed by atoms with E-state index in [-0.39, 0.29) is 30.6 Å². The highest BCUT2D eigenvalue weighted by Gasteiger charge is 2.28. The molecule has 0 atom stereocenters. The molecule has 0 saturated carbocycles. The van der Waals surface area contributed by atoms with E-state index in [0.717, 1.165) is 12.0 Å². The Kier molecular flexibility index (Phi) is 7.64. The number of hydrogen-bond acceptors (Lipinski definition) is 4. The van der Waals surface area contributed by atoms with Crippen LogP contribution in [0.2, 0.25) is 0 Å². The zero-order valence-corrected chi connectivity index (χ0v) is 16.7. The van der Waals surface area contributed by atoms with E-state index >= 15 is 0 Å². The molecule has 148 valence electrons. The van der Waals surface area contributed by atoms with Crippen LogP contribution in [-0.2, 0) is 4.79 Å². The van der Waals surface area contributed by atoms with Crippen LogP contribution >= 0.6 is 0 Å². The van der Waals surface area contributed by atoms with Crippen molar-refractivity contribution in [2.24, 2.45) is 0 Å². The topological polar surface area (TPSA) is 83.5 Å². The summed E-state index contributed by atoms with van der Waals surface area (Å²) in [7, 11) is 0. The van der Waals surface area contributed by atoms with E-state index in [1.165, 1.54) is 0 Å². The van der Waals surface area contributed by atoms with E-state index in [1.807, 2.05) is 19.1 Å². The first-order valence-corrected chi connectivity index (χ1v) is 9.46. The Balaban J connectivity index is 1.99. The minimum Gasteiger partial charge on any atom is -0.395 e. The summed E-state index contributed by atoms with van der Waals surface area (Å²) >= 11 is 0. The van der Waals surface area contributed by atoms with Gasteiger partial charge in [0, 0.05) is 34.4 Å². The summed E-state index contributed by atoms with van der Waals surface area (Å²) in [6, 6.07) is 6.94. The number of fused-ring (bicyclic) bond motifs is 1. The van der Waals surface area contributed by atoms with Gasteiger partial charge in [-0.15, -0.1) is 0 Å². The van der Waals surface area contributed by atoms with Crippen molar-refractivity contribution in [2.45, 2.75) is 40.0 Å². The van der Waals surface area contributed by atoms with Gasteiger partial charge in [-0.3, -0.25) is 14.4 Å². The van der Waals surface area contributed by atoms with Gasteiger partial charge in [0.25, 0.3) is 0 Å². The lowest BCUT2D eigenvalue weighted by atomic mass is 9.83. The number of nitrogens with one attached hydrogen (secondary N) is 1. The normalized spacial score (nSPS) is 15.0. The van der Waals surface area contributed by atoms with Gasteiger partial charge < -0.3 is 10.4 Å². The molecule has 28 heavy (non-hydrogen) atoms. The molecule has 1 aromatic rings. The molecule has 0 unspecified atom stereocenters. The maximum absolute atomic E-state index is 12.7. The van der Waals surface area contributed by atoms with Gasteiger partial charge in [-0.1, -0.05) is 42.0 Å². The SMILES string of the molecule is CC1=C(C/C=C(\C)CC/C=C(\C)C(=O)NCCO)C(=O)c2ccccc2C1=O. The van der Waals surface area contributed by atoms with Crippen LogP contribution in [0.4, 0.5) is 0 Å². The van der Waals surface area contributed by atoms with Gasteiger partial charge in [-0.05, 0) is 40.0 Å². The van der Waals surface area contributed by atoms with Crippen LogP contribution in [0.15, 0.2) is 58.7 Å². The van der Waals surface area contributed by atoms with Crippen molar-refractivity contribution < 1.29 is 19.5 Å². The van der Waals surface area contributed by atoms with Crippen LogP contribution in [0.5, 0.6) is 0 Å². The minimum atomic E-state index is -0.179. The summed E-state index contributed by atoms with van der Waals surface area (Å²) in [6.45, 7) is 5.60. The Morgan fingerprint density at radius 2 is 1.71 bits per heavy atom. The number of allylic oxidation sites excluding steroid dienone is 5. The first-order chi connectivity index (χ1) is 13.4. The predicted molar refractivity (Wildman–Crippen MR) is 109 cm³/mol. The molecule has 2 rings (SSSR count). The number of benzene rings is 1. The molecule has 0 fully saturated rings. The summed E-state index contributed by atoms with van der Waals surface area (Å²) in [5.41, 5.74) is 3.74. The van der Waals surface area contributed by atoms with Gasteiger partial charge in [0.1, 0.15) is 0 Å². The second-order valence-electron chi connectivity index (χ2n) is 6.97. The molecule has 1 aliphatic carbocycles. The third-order valence-corrected chi connectivity index (χ3v) is 4.88. The zero-order chi connectivity index (χ0) is 20.7. The van der Waals surface area contributed by atoms with Gasteiger partial charge in [0.05, 0.1) is 6.61 Å². The molecule has 1 aromatic carbocycles. The zero-order valence-electron chi connectivity index (χ0n) is 16.7. The van der Waals surface area contributed by atoms with Crippen LogP contribution < -0.4 is 5.32 Å². The van der Waals surface area contributed by atoms with Crippen LogP contribution in [0.3, 0.4) is 0 Å². The van der Waals surface area contributed by atoms with Crippen molar-refractivity contribution in [2.75, 3.05) is 13.2 Å². The maximum atomic E-state index is 12.7. The molecule has 0 aromatic heterocycles. The van der Waals surface area contributed by atoms with Crippen LogP contribution in [0, 0.1) is 0 Å². The fraction of sp³-hybridized carbons (Fsp3) is 0.348. The van der Waals surface area contributed by atoms with E-state index in [0.29, 0.717) is 40.7 Å². The Bertz CT molecular complexity index is 874. The van der Waals surface area contributed by atoms with Crippen molar-refractivity contribution in [3.8, 4) is 0 Å². The second-order valence-corrected chi connectivity index (χ2v) is 6.97. The average Bonchev–Trinajstić information content (AvgIpc) is 2.70. The van der Waals surface area contributed by atoms with Gasteiger partial charge in [0.15, 0.2) is 11.6 Å². The molecule has 0 bridgehead atoms. The first-order valence-electron chi connectivity index (χ1n) is 9.46. The largest absolute Gasteiger partial charge is 0.395 e. The third kappa shape index (κ3) is 5.14. The van der Waals surface area contributed by atoms with E-state index in [1.54, 1.807) is 38.1 Å². The summed E-state index contributed by atoms with van der Waals surface area (Å²) < 4.78 is 0. The van der Waals surface area contributed by atoms with Crippen molar-refractivity contribution >= 4 is 17.5 Å². The number of amides is 1. The molecular formula is C23H27NO4. The molecule has 0 saturated heterocycles. The molecule has 1 aliphatic rings. The van der Waals surface area contributed by atoms with E-state index in [2.05, 4.69) is 5.32 Å². The number of carbonyl (C=O) groups is 3. The fourth-order valence-electron chi connectivity index (χ4n) is 3.09. The Labute approximate surface area is 165 Å². The van der Waals surface area contributed by atoms with Gasteiger partial charge >= 0.3 is 0 Å². The number of aliphatic hydroxyl groups excluding tert-OH is 1. The molecule has 0 radical (unpaired) electrons. The maximum Gasteiger partial charge on any atom is 0.246 e. The summed E-state index contributed by atoms with van der Waals surface area (Å²) in [4.78, 5) is 37.0. The fourth-order valence-corrected chi connectivity index (χ4v) is 3.09. The molecule has 0 aliphatic heterocycles. The van der Waals surface area contributed by atoms with Crippen LogP contribution in [-0.4, -0.2) is 35.7 Å². The van der Waals surface area contributed by atoms with E-state index in [4.69, 9.17) is 5.11 Å². The Morgan fingerprint density at radius 3 is 2.36 bits per heavy atom. The lowest BCUT2D eigenvalue weighted by Gasteiger charge is -2.18. The van der Waals surface area contributed by atoms with Crippen molar-refractivity contribution in [1.29, 1.82) is 0 Å². The summed E-state index contributed by atoms with van der Waals surface area (Å²) in [5, 5.41) is 11.3. The highest BCUT2D eigenvalue weighted by Crippen LogP contribution is 2.28. The Hall–Kier alpha value is -2.79. The standard InChI is InChI=1S/C23H27NO4/c1-15(7-6-8-16(2)23(28)24-13-14-25)11-12-18-17(3)21(26)19-9-4-5-10-20(19)22(18)27/h4-5,8-11,25H,6-7,12-14H2,1-3H3,(H,24,28)/b15-11+,16-8+. The average molecular weight is 381 g/mol. The highest BCUT2D eigenvalue weighted by atomic mass is 16.3. The monoisotopic (exact) mass is 381 g/mol. The molecule has 2 N–H and O–H groups in total. The molecular weight excluding hydrogens is 354 g/mol. The number of ketones is 2. The van der Waals surface area contributed by atoms with Crippen molar-refractivity contribution in [1.82, 2.24) is 5.32 Å². The number of hydrogen-bond donors (Lipinski definition) is 2. The number of Topliss-reactive ketones (excluding diaryl/α,β-unsaturated/α-hetero) is 2. The predicted octanol–water partition coefficient (Wildman–Crippen LogP) is 3.55. The molecule has 0 spiro atoms. The molecule has 5 heteroatoms. The minimum absolute atomic E-state index is 0.0759. The molecule has 0 heterocycles.